The highest BCUT2D eigenvalue weighted by Gasteiger charge is 2.18. The van der Waals surface area contributed by atoms with E-state index in [-0.39, 0.29) is 5.91 Å². The van der Waals surface area contributed by atoms with E-state index in [9.17, 15) is 9.90 Å². The van der Waals surface area contributed by atoms with Gasteiger partial charge in [0.2, 0.25) is 5.91 Å². The van der Waals surface area contributed by atoms with Gasteiger partial charge in [0.1, 0.15) is 0 Å². The number of amides is 1. The molecule has 0 saturated heterocycles. The van der Waals surface area contributed by atoms with Crippen molar-refractivity contribution >= 4 is 5.91 Å². The Hall–Kier alpha value is -0.610. The number of ether oxygens (including phenoxy) is 1. The lowest BCUT2D eigenvalue weighted by Crippen LogP contribution is -2.29. The van der Waals surface area contributed by atoms with Crippen molar-refractivity contribution in [2.75, 3.05) is 20.3 Å². The van der Waals surface area contributed by atoms with Gasteiger partial charge in [-0.1, -0.05) is 12.8 Å². The molecule has 0 aliphatic heterocycles. The van der Waals surface area contributed by atoms with E-state index in [1.807, 2.05) is 0 Å². The van der Waals surface area contributed by atoms with Crippen LogP contribution >= 0.6 is 0 Å². The van der Waals surface area contributed by atoms with E-state index in [2.05, 4.69) is 5.32 Å². The van der Waals surface area contributed by atoms with Crippen molar-refractivity contribution in [2.24, 2.45) is 5.92 Å². The van der Waals surface area contributed by atoms with Crippen molar-refractivity contribution in [3.8, 4) is 0 Å². The van der Waals surface area contributed by atoms with E-state index in [4.69, 9.17) is 4.74 Å². The largest absolute Gasteiger partial charge is 0.391 e. The highest BCUT2D eigenvalue weighted by molar-refractivity contribution is 5.76. The Bertz CT molecular complexity index is 202. The van der Waals surface area contributed by atoms with Crippen molar-refractivity contribution in [2.45, 2.75) is 44.6 Å². The van der Waals surface area contributed by atoms with Crippen LogP contribution in [0.5, 0.6) is 0 Å². The normalized spacial score (nSPS) is 18.6. The number of hydrogen-bond donors (Lipinski definition) is 2. The van der Waals surface area contributed by atoms with Gasteiger partial charge in [-0.25, -0.2) is 0 Å². The molecule has 2 N–H and O–H groups in total. The fourth-order valence-corrected chi connectivity index (χ4v) is 2.20. The molecule has 0 aromatic rings. The van der Waals surface area contributed by atoms with E-state index < -0.39 is 6.10 Å². The second-order valence-electron chi connectivity index (χ2n) is 4.60. The maximum Gasteiger partial charge on any atom is 0.220 e. The SMILES string of the molecule is COCC(O)CCNC(=O)CC1CCCC1. The molecule has 0 bridgehead atoms. The minimum Gasteiger partial charge on any atom is -0.391 e. The smallest absolute Gasteiger partial charge is 0.220 e. The zero-order chi connectivity index (χ0) is 11.8. The van der Waals surface area contributed by atoms with Crippen molar-refractivity contribution in [1.82, 2.24) is 5.32 Å². The molecule has 0 aromatic heterocycles. The first-order valence-corrected chi connectivity index (χ1v) is 6.16. The summed E-state index contributed by atoms with van der Waals surface area (Å²) in [7, 11) is 1.56. The number of methoxy groups -OCH3 is 1. The standard InChI is InChI=1S/C12H23NO3/c1-16-9-11(14)6-7-13-12(15)8-10-4-2-3-5-10/h10-11,14H,2-9H2,1H3,(H,13,15). The summed E-state index contributed by atoms with van der Waals surface area (Å²) in [6.07, 6.45) is 5.66. The number of aliphatic hydroxyl groups is 1. The molecule has 1 aliphatic rings. The second-order valence-corrected chi connectivity index (χ2v) is 4.60. The predicted molar refractivity (Wildman–Crippen MR) is 62.1 cm³/mol. The maximum atomic E-state index is 11.5. The van der Waals surface area contributed by atoms with Crippen LogP contribution in [-0.4, -0.2) is 37.4 Å². The average Bonchev–Trinajstić information content (AvgIpc) is 2.70. The molecule has 1 rings (SSSR count). The molecule has 1 saturated carbocycles. The van der Waals surface area contributed by atoms with Crippen LogP contribution in [0.15, 0.2) is 0 Å². The fraction of sp³-hybridized carbons (Fsp3) is 0.917. The lowest BCUT2D eigenvalue weighted by molar-refractivity contribution is -0.122. The third-order valence-electron chi connectivity index (χ3n) is 3.11. The Kier molecular flexibility index (Phi) is 6.42. The molecule has 0 spiro atoms. The summed E-state index contributed by atoms with van der Waals surface area (Å²) in [5.74, 6) is 0.709. The molecule has 0 heterocycles. The highest BCUT2D eigenvalue weighted by Crippen LogP contribution is 2.27. The van der Waals surface area contributed by atoms with Gasteiger partial charge in [-0.3, -0.25) is 4.79 Å². The zero-order valence-electron chi connectivity index (χ0n) is 10.1. The molecule has 94 valence electrons. The summed E-state index contributed by atoms with van der Waals surface area (Å²) in [6, 6.07) is 0. The van der Waals surface area contributed by atoms with E-state index in [0.29, 0.717) is 31.9 Å². The van der Waals surface area contributed by atoms with Gasteiger partial charge in [0.15, 0.2) is 0 Å². The van der Waals surface area contributed by atoms with Crippen LogP contribution in [-0.2, 0) is 9.53 Å². The molecule has 0 aromatic carbocycles. The summed E-state index contributed by atoms with van der Waals surface area (Å²) in [4.78, 5) is 11.5. The minimum absolute atomic E-state index is 0.122. The number of carbonyl (C=O) groups excluding carboxylic acids is 1. The van der Waals surface area contributed by atoms with E-state index in [1.165, 1.54) is 25.7 Å². The van der Waals surface area contributed by atoms with Gasteiger partial charge in [-0.05, 0) is 25.2 Å². The first-order valence-electron chi connectivity index (χ1n) is 6.16. The van der Waals surface area contributed by atoms with E-state index in [0.717, 1.165) is 0 Å². The summed E-state index contributed by atoms with van der Waals surface area (Å²) in [5.41, 5.74) is 0. The summed E-state index contributed by atoms with van der Waals surface area (Å²) in [6.45, 7) is 0.870. The molecular weight excluding hydrogens is 206 g/mol. The lowest BCUT2D eigenvalue weighted by atomic mass is 10.0. The first kappa shape index (κ1) is 13.5. The topological polar surface area (TPSA) is 58.6 Å². The Labute approximate surface area is 97.4 Å². The number of aliphatic hydroxyl groups excluding tert-OH is 1. The summed E-state index contributed by atoms with van der Waals surface area (Å²) < 4.78 is 4.81. The summed E-state index contributed by atoms with van der Waals surface area (Å²) >= 11 is 0. The lowest BCUT2D eigenvalue weighted by Gasteiger charge is -2.12. The number of hydrogen-bond acceptors (Lipinski definition) is 3. The zero-order valence-corrected chi connectivity index (χ0v) is 10.1. The van der Waals surface area contributed by atoms with E-state index in [1.54, 1.807) is 7.11 Å². The van der Waals surface area contributed by atoms with Gasteiger partial charge in [0, 0.05) is 20.1 Å². The third-order valence-corrected chi connectivity index (χ3v) is 3.11. The molecule has 4 heteroatoms. The second kappa shape index (κ2) is 7.63. The van der Waals surface area contributed by atoms with Crippen LogP contribution < -0.4 is 5.32 Å². The molecule has 0 radical (unpaired) electrons. The Morgan fingerprint density at radius 1 is 1.50 bits per heavy atom. The van der Waals surface area contributed by atoms with Gasteiger partial charge in [-0.2, -0.15) is 0 Å². The van der Waals surface area contributed by atoms with E-state index >= 15 is 0 Å². The fourth-order valence-electron chi connectivity index (χ4n) is 2.20. The maximum absolute atomic E-state index is 11.5. The summed E-state index contributed by atoms with van der Waals surface area (Å²) in [5, 5.41) is 12.2. The average molecular weight is 229 g/mol. The van der Waals surface area contributed by atoms with Crippen molar-refractivity contribution in [3.63, 3.8) is 0 Å². The Morgan fingerprint density at radius 2 is 2.19 bits per heavy atom. The highest BCUT2D eigenvalue weighted by atomic mass is 16.5. The van der Waals surface area contributed by atoms with Crippen LogP contribution in [0.4, 0.5) is 0 Å². The van der Waals surface area contributed by atoms with Crippen LogP contribution in [0.2, 0.25) is 0 Å². The van der Waals surface area contributed by atoms with Crippen molar-refractivity contribution in [3.05, 3.63) is 0 Å². The van der Waals surface area contributed by atoms with Crippen LogP contribution in [0.25, 0.3) is 0 Å². The molecule has 1 amide bonds. The van der Waals surface area contributed by atoms with Gasteiger partial charge in [0.25, 0.3) is 0 Å². The van der Waals surface area contributed by atoms with Gasteiger partial charge in [-0.15, -0.1) is 0 Å². The van der Waals surface area contributed by atoms with Gasteiger partial charge in [0.05, 0.1) is 12.7 Å². The van der Waals surface area contributed by atoms with Gasteiger partial charge >= 0.3 is 0 Å². The molecule has 1 unspecified atom stereocenters. The Balaban J connectivity index is 2.01. The molecule has 1 aliphatic carbocycles. The first-order chi connectivity index (χ1) is 7.72. The minimum atomic E-state index is -0.475. The molecule has 1 atom stereocenters. The van der Waals surface area contributed by atoms with Crippen LogP contribution in [0, 0.1) is 5.92 Å². The number of nitrogens with one attached hydrogen (secondary N) is 1. The number of rotatable bonds is 7. The third kappa shape index (κ3) is 5.47. The predicted octanol–water partition coefficient (Wildman–Crippen LogP) is 1.08. The molecular formula is C12H23NO3. The molecule has 1 fully saturated rings. The Morgan fingerprint density at radius 3 is 2.81 bits per heavy atom. The van der Waals surface area contributed by atoms with Crippen molar-refractivity contribution < 1.29 is 14.6 Å². The quantitative estimate of drug-likeness (QED) is 0.687. The van der Waals surface area contributed by atoms with Crippen LogP contribution in [0.1, 0.15) is 38.5 Å². The molecule has 16 heavy (non-hydrogen) atoms. The van der Waals surface area contributed by atoms with Crippen LogP contribution in [0.3, 0.4) is 0 Å². The monoisotopic (exact) mass is 229 g/mol. The number of carbonyl (C=O) groups is 1. The van der Waals surface area contributed by atoms with Gasteiger partial charge < -0.3 is 15.2 Å². The molecule has 4 nitrogen and oxygen atoms in total. The van der Waals surface area contributed by atoms with Crippen molar-refractivity contribution in [1.29, 1.82) is 0 Å².